The minimum absolute atomic E-state index is 0.0273. The van der Waals surface area contributed by atoms with Gasteiger partial charge in [-0.2, -0.15) is 35.7 Å². The topological polar surface area (TPSA) is 99.6 Å². The van der Waals surface area contributed by atoms with Crippen molar-refractivity contribution < 1.29 is 26.4 Å². The lowest BCUT2D eigenvalue weighted by Crippen LogP contribution is -2.46. The summed E-state index contributed by atoms with van der Waals surface area (Å²) in [5, 5.41) is 7.26. The number of benzene rings is 2. The predicted octanol–water partition coefficient (Wildman–Crippen LogP) is 7.42. The van der Waals surface area contributed by atoms with Crippen LogP contribution in [-0.4, -0.2) is 58.6 Å². The Labute approximate surface area is 307 Å². The zero-order chi connectivity index (χ0) is 35.9. The summed E-state index contributed by atoms with van der Waals surface area (Å²) in [6, 6.07) is 12.9. The van der Waals surface area contributed by atoms with Gasteiger partial charge in [0.05, 0.1) is 31.7 Å². The van der Waals surface area contributed by atoms with E-state index in [2.05, 4.69) is 22.0 Å². The van der Waals surface area contributed by atoms with Gasteiger partial charge in [0.25, 0.3) is 16.1 Å². The number of halogens is 5. The van der Waals surface area contributed by atoms with Crippen LogP contribution in [0.3, 0.4) is 0 Å². The van der Waals surface area contributed by atoms with Gasteiger partial charge in [0.15, 0.2) is 5.69 Å². The molecule has 51 heavy (non-hydrogen) atoms. The maximum atomic E-state index is 14.0. The smallest absolute Gasteiger partial charge is 0.283 e. The van der Waals surface area contributed by atoms with E-state index in [1.54, 1.807) is 34.6 Å². The zero-order valence-electron chi connectivity index (χ0n) is 27.1. The standard InChI is InChI=1S/C35H33Cl2F3N6O3S2/c36-24-9-16-30(29(37)20-24)45-33(31-17-15-27(50-31)14-6-22-4-7-23(8-5-22)35(38,39)40)28(32(42-45)34(47)43-44-18-2-1-3-19-44)21-41-51(48,49)46-25-10-11-26(46)13-12-25/h4-5,7-9,15-17,20,25-26,41H,1-3,10-13,18-19,21H2,(H,43,47). The number of nitrogens with zero attached hydrogens (tertiary/aromatic N) is 4. The Hall–Kier alpha value is -3.42. The maximum absolute atomic E-state index is 14.0. The van der Waals surface area contributed by atoms with E-state index in [9.17, 15) is 26.4 Å². The van der Waals surface area contributed by atoms with Gasteiger partial charge in [-0.05, 0) is 93.1 Å². The summed E-state index contributed by atoms with van der Waals surface area (Å²) in [6.07, 6.45) is 1.74. The minimum atomic E-state index is -4.45. The van der Waals surface area contributed by atoms with E-state index in [1.807, 2.05) is 5.01 Å². The third-order valence-corrected chi connectivity index (χ3v) is 12.6. The van der Waals surface area contributed by atoms with Crippen LogP contribution in [0.1, 0.15) is 77.0 Å². The molecule has 0 unspecified atom stereocenters. The number of piperidine rings is 1. The van der Waals surface area contributed by atoms with Crippen molar-refractivity contribution in [3.8, 4) is 28.1 Å². The molecule has 0 aliphatic carbocycles. The number of aromatic nitrogens is 2. The van der Waals surface area contributed by atoms with Gasteiger partial charge in [0.2, 0.25) is 0 Å². The number of rotatable bonds is 8. The van der Waals surface area contributed by atoms with Gasteiger partial charge in [-0.3, -0.25) is 10.2 Å². The Bertz CT molecular complexity index is 2100. The van der Waals surface area contributed by atoms with Crippen molar-refractivity contribution in [2.24, 2.45) is 0 Å². The van der Waals surface area contributed by atoms with Crippen LogP contribution in [0.2, 0.25) is 10.0 Å². The van der Waals surface area contributed by atoms with Gasteiger partial charge in [-0.25, -0.2) is 9.69 Å². The second-order valence-electron chi connectivity index (χ2n) is 12.8. The summed E-state index contributed by atoms with van der Waals surface area (Å²) in [4.78, 5) is 15.2. The summed E-state index contributed by atoms with van der Waals surface area (Å²) < 4.78 is 72.5. The lowest BCUT2D eigenvalue weighted by atomic mass is 10.0. The van der Waals surface area contributed by atoms with Gasteiger partial charge in [-0.1, -0.05) is 41.5 Å². The van der Waals surface area contributed by atoms with Crippen LogP contribution in [0.4, 0.5) is 13.2 Å². The van der Waals surface area contributed by atoms with Crippen molar-refractivity contribution in [3.63, 3.8) is 0 Å². The monoisotopic (exact) mass is 776 g/mol. The van der Waals surface area contributed by atoms with E-state index >= 15 is 0 Å². The number of nitrogens with one attached hydrogen (secondary N) is 2. The molecule has 0 spiro atoms. The molecule has 3 aliphatic rings. The molecule has 2 bridgehead atoms. The number of hydrazine groups is 1. The molecule has 3 aliphatic heterocycles. The minimum Gasteiger partial charge on any atom is -0.283 e. The summed E-state index contributed by atoms with van der Waals surface area (Å²) in [5.41, 5.74) is 3.82. The first-order valence-corrected chi connectivity index (χ1v) is 19.6. The SMILES string of the molecule is O=C(NN1CCCCC1)c1nn(-c2ccc(Cl)cc2Cl)c(-c2ccc(C#Cc3ccc(C(F)(F)F)cc3)s2)c1CNS(=O)(=O)N1C2CCC1CC2. The third kappa shape index (κ3) is 7.71. The van der Waals surface area contributed by atoms with Crippen molar-refractivity contribution in [2.45, 2.75) is 69.8 Å². The normalized spacial score (nSPS) is 19.6. The van der Waals surface area contributed by atoms with Gasteiger partial charge in [0, 0.05) is 47.9 Å². The predicted molar refractivity (Wildman–Crippen MR) is 191 cm³/mol. The highest BCUT2D eigenvalue weighted by Crippen LogP contribution is 2.40. The lowest BCUT2D eigenvalue weighted by Gasteiger charge is -2.26. The maximum Gasteiger partial charge on any atom is 0.416 e. The number of amides is 1. The highest BCUT2D eigenvalue weighted by molar-refractivity contribution is 7.87. The average Bonchev–Trinajstić information content (AvgIpc) is 3.90. The highest BCUT2D eigenvalue weighted by atomic mass is 35.5. The van der Waals surface area contributed by atoms with Crippen LogP contribution in [0, 0.1) is 11.8 Å². The van der Waals surface area contributed by atoms with Crippen molar-refractivity contribution in [1.29, 1.82) is 0 Å². The van der Waals surface area contributed by atoms with Crippen LogP contribution in [0.25, 0.3) is 16.3 Å². The molecule has 0 atom stereocenters. The fourth-order valence-electron chi connectivity index (χ4n) is 6.99. The van der Waals surface area contributed by atoms with E-state index < -0.39 is 27.9 Å². The number of alkyl halides is 3. The quantitative estimate of drug-likeness (QED) is 0.182. The molecular formula is C35H33Cl2F3N6O3S2. The van der Waals surface area contributed by atoms with Crippen LogP contribution >= 0.6 is 34.5 Å². The highest BCUT2D eigenvalue weighted by Gasteiger charge is 2.46. The Kier molecular flexibility index (Phi) is 10.3. The first-order valence-electron chi connectivity index (χ1n) is 16.6. The Balaban J connectivity index is 1.30. The number of thiophene rings is 1. The average molecular weight is 778 g/mol. The lowest BCUT2D eigenvalue weighted by molar-refractivity contribution is -0.137. The van der Waals surface area contributed by atoms with E-state index in [1.165, 1.54) is 28.2 Å². The van der Waals surface area contributed by atoms with Crippen molar-refractivity contribution >= 4 is 50.7 Å². The fourth-order valence-corrected chi connectivity index (χ4v) is 10.1. The molecule has 1 amide bonds. The zero-order valence-corrected chi connectivity index (χ0v) is 30.3. The molecule has 7 rings (SSSR count). The summed E-state index contributed by atoms with van der Waals surface area (Å²) in [5.74, 6) is 5.43. The molecule has 3 saturated heterocycles. The van der Waals surface area contributed by atoms with Crippen molar-refractivity contribution in [2.75, 3.05) is 13.1 Å². The summed E-state index contributed by atoms with van der Waals surface area (Å²) in [7, 11) is -3.91. The summed E-state index contributed by atoms with van der Waals surface area (Å²) >= 11 is 14.2. The number of carbonyl (C=O) groups excluding carboxylic acids is 1. The molecule has 16 heteroatoms. The number of hydrogen-bond donors (Lipinski definition) is 2. The van der Waals surface area contributed by atoms with Crippen LogP contribution in [0.15, 0.2) is 54.6 Å². The van der Waals surface area contributed by atoms with E-state index in [0.29, 0.717) is 50.4 Å². The molecule has 9 nitrogen and oxygen atoms in total. The molecule has 4 aromatic rings. The van der Waals surface area contributed by atoms with Gasteiger partial charge in [0.1, 0.15) is 0 Å². The first kappa shape index (κ1) is 36.0. The molecule has 268 valence electrons. The van der Waals surface area contributed by atoms with Crippen molar-refractivity contribution in [3.05, 3.63) is 91.9 Å². The van der Waals surface area contributed by atoms with Gasteiger partial charge < -0.3 is 0 Å². The van der Waals surface area contributed by atoms with E-state index in [0.717, 1.165) is 57.1 Å². The molecule has 0 radical (unpaired) electrons. The van der Waals surface area contributed by atoms with Gasteiger partial charge >= 0.3 is 6.18 Å². The second kappa shape index (κ2) is 14.5. The molecule has 5 heterocycles. The molecule has 3 fully saturated rings. The molecular weight excluding hydrogens is 744 g/mol. The van der Waals surface area contributed by atoms with Crippen LogP contribution in [-0.2, 0) is 22.9 Å². The van der Waals surface area contributed by atoms with E-state index in [4.69, 9.17) is 28.3 Å². The second-order valence-corrected chi connectivity index (χ2v) is 16.4. The first-order chi connectivity index (χ1) is 24.4. The number of fused-ring (bicyclic) bond motifs is 2. The molecule has 2 aromatic carbocycles. The van der Waals surface area contributed by atoms with Crippen LogP contribution in [0.5, 0.6) is 0 Å². The number of hydrogen-bond acceptors (Lipinski definition) is 6. The fraction of sp³-hybridized carbons (Fsp3) is 0.371. The summed E-state index contributed by atoms with van der Waals surface area (Å²) in [6.45, 7) is 1.12. The third-order valence-electron chi connectivity index (χ3n) is 9.43. The Morgan fingerprint density at radius 2 is 1.63 bits per heavy atom. The molecule has 2 aromatic heterocycles. The Morgan fingerprint density at radius 3 is 2.27 bits per heavy atom. The van der Waals surface area contributed by atoms with Crippen LogP contribution < -0.4 is 10.1 Å². The van der Waals surface area contributed by atoms with Gasteiger partial charge in [-0.15, -0.1) is 11.3 Å². The Morgan fingerprint density at radius 1 is 0.941 bits per heavy atom. The molecule has 0 saturated carbocycles. The van der Waals surface area contributed by atoms with Crippen molar-refractivity contribution in [1.82, 2.24) is 29.2 Å². The number of carbonyl (C=O) groups is 1. The molecule has 2 N–H and O–H groups in total. The largest absolute Gasteiger partial charge is 0.416 e. The van der Waals surface area contributed by atoms with E-state index in [-0.39, 0.29) is 29.3 Å².